The van der Waals surface area contributed by atoms with E-state index in [4.69, 9.17) is 19.7 Å². The molecule has 0 atom stereocenters. The van der Waals surface area contributed by atoms with Crippen LogP contribution < -0.4 is 20.7 Å². The fourth-order valence-corrected chi connectivity index (χ4v) is 2.05. The molecule has 0 aliphatic rings. The van der Waals surface area contributed by atoms with Crippen LogP contribution in [0.5, 0.6) is 11.5 Å². The van der Waals surface area contributed by atoms with Gasteiger partial charge in [0.2, 0.25) is 0 Å². The Balaban J connectivity index is 2.09. The number of halogens is 1. The smallest absolute Gasteiger partial charge is 0.268 e. The van der Waals surface area contributed by atoms with Crippen molar-refractivity contribution in [3.05, 3.63) is 46.3 Å². The Morgan fingerprint density at radius 2 is 2.30 bits per heavy atom. The molecule has 1 aromatic carbocycles. The summed E-state index contributed by atoms with van der Waals surface area (Å²) in [4.78, 5) is 11.3. The summed E-state index contributed by atoms with van der Waals surface area (Å²) in [5, 5.41) is 0. The molecule has 0 fully saturated rings. The molecule has 7 heteroatoms. The van der Waals surface area contributed by atoms with E-state index in [1.54, 1.807) is 19.2 Å². The minimum Gasteiger partial charge on any atom is -0.493 e. The summed E-state index contributed by atoms with van der Waals surface area (Å²) in [5.74, 6) is 6.29. The van der Waals surface area contributed by atoms with Crippen molar-refractivity contribution in [2.75, 3.05) is 7.11 Å². The van der Waals surface area contributed by atoms with Gasteiger partial charge in [-0.1, -0.05) is 6.07 Å². The lowest BCUT2D eigenvalue weighted by molar-refractivity contribution is 0.0953. The minimum absolute atomic E-state index is 0.164. The lowest BCUT2D eigenvalue weighted by Crippen LogP contribution is -2.29. The summed E-state index contributed by atoms with van der Waals surface area (Å²) in [7, 11) is 1.56. The number of nitrogens with one attached hydrogen (secondary N) is 1. The molecule has 0 saturated carbocycles. The van der Waals surface area contributed by atoms with E-state index >= 15 is 0 Å². The van der Waals surface area contributed by atoms with Gasteiger partial charge in [0.15, 0.2) is 11.5 Å². The molecule has 6 nitrogen and oxygen atoms in total. The summed E-state index contributed by atoms with van der Waals surface area (Å²) < 4.78 is 16.8. The van der Waals surface area contributed by atoms with E-state index in [0.29, 0.717) is 22.8 Å². The van der Waals surface area contributed by atoms with Crippen molar-refractivity contribution in [2.24, 2.45) is 5.84 Å². The molecule has 0 bridgehead atoms. The molecule has 0 radical (unpaired) electrons. The topological polar surface area (TPSA) is 86.7 Å². The first-order valence-electron chi connectivity index (χ1n) is 5.69. The predicted molar refractivity (Wildman–Crippen MR) is 75.4 cm³/mol. The maximum absolute atomic E-state index is 11.3. The van der Waals surface area contributed by atoms with E-state index in [1.165, 1.54) is 6.26 Å². The Morgan fingerprint density at radius 1 is 1.50 bits per heavy atom. The monoisotopic (exact) mass is 340 g/mol. The Hall–Kier alpha value is -1.99. The molecule has 0 aliphatic heterocycles. The number of benzene rings is 1. The molecule has 1 aromatic heterocycles. The third kappa shape index (κ3) is 3.12. The van der Waals surface area contributed by atoms with Crippen LogP contribution >= 0.6 is 15.9 Å². The van der Waals surface area contributed by atoms with Crippen LogP contribution in [-0.2, 0) is 6.61 Å². The number of nitrogens with two attached hydrogens (primary N) is 1. The van der Waals surface area contributed by atoms with Gasteiger partial charge in [-0.3, -0.25) is 10.2 Å². The fourth-order valence-electron chi connectivity index (χ4n) is 1.59. The van der Waals surface area contributed by atoms with Crippen LogP contribution in [0.4, 0.5) is 0 Å². The number of hydrazine groups is 1. The van der Waals surface area contributed by atoms with Gasteiger partial charge in [0.25, 0.3) is 5.91 Å². The SMILES string of the molecule is COc1cccc(Br)c1OCc1cc(C(=O)NN)co1. The molecule has 0 unspecified atom stereocenters. The highest BCUT2D eigenvalue weighted by Crippen LogP contribution is 2.35. The van der Waals surface area contributed by atoms with Crippen LogP contribution in [-0.4, -0.2) is 13.0 Å². The molecule has 20 heavy (non-hydrogen) atoms. The quantitative estimate of drug-likeness (QED) is 0.495. The normalized spacial score (nSPS) is 10.2. The molecular formula is C13H13BrN2O4. The Kier molecular flexibility index (Phi) is 4.65. The zero-order chi connectivity index (χ0) is 14.5. The van der Waals surface area contributed by atoms with Gasteiger partial charge >= 0.3 is 0 Å². The third-order valence-electron chi connectivity index (χ3n) is 2.56. The number of para-hydroxylation sites is 1. The van der Waals surface area contributed by atoms with Gasteiger partial charge in [-0.25, -0.2) is 5.84 Å². The van der Waals surface area contributed by atoms with Crippen molar-refractivity contribution in [3.8, 4) is 11.5 Å². The fraction of sp³-hybridized carbons (Fsp3) is 0.154. The van der Waals surface area contributed by atoms with E-state index in [-0.39, 0.29) is 6.61 Å². The highest BCUT2D eigenvalue weighted by atomic mass is 79.9. The number of nitrogen functional groups attached to an aromatic ring is 1. The second kappa shape index (κ2) is 6.44. The average molecular weight is 341 g/mol. The first-order valence-corrected chi connectivity index (χ1v) is 6.48. The van der Waals surface area contributed by atoms with E-state index < -0.39 is 5.91 Å². The Bertz CT molecular complexity index is 612. The summed E-state index contributed by atoms with van der Waals surface area (Å²) >= 11 is 3.38. The highest BCUT2D eigenvalue weighted by Gasteiger charge is 2.12. The van der Waals surface area contributed by atoms with Gasteiger partial charge in [0, 0.05) is 0 Å². The molecule has 1 amide bonds. The second-order valence-electron chi connectivity index (χ2n) is 3.84. The lowest BCUT2D eigenvalue weighted by atomic mass is 10.3. The second-order valence-corrected chi connectivity index (χ2v) is 4.69. The molecule has 3 N–H and O–H groups in total. The number of carbonyl (C=O) groups excluding carboxylic acids is 1. The van der Waals surface area contributed by atoms with E-state index in [1.807, 2.05) is 17.6 Å². The summed E-state index contributed by atoms with van der Waals surface area (Å²) in [5.41, 5.74) is 2.37. The van der Waals surface area contributed by atoms with Crippen LogP contribution in [0.25, 0.3) is 0 Å². The van der Waals surface area contributed by atoms with E-state index in [9.17, 15) is 4.79 Å². The van der Waals surface area contributed by atoms with Crippen LogP contribution in [0.2, 0.25) is 0 Å². The lowest BCUT2D eigenvalue weighted by Gasteiger charge is -2.10. The Morgan fingerprint density at radius 3 is 3.00 bits per heavy atom. The minimum atomic E-state index is -0.418. The third-order valence-corrected chi connectivity index (χ3v) is 3.18. The number of furan rings is 1. The van der Waals surface area contributed by atoms with Crippen molar-refractivity contribution in [2.45, 2.75) is 6.61 Å². The number of rotatable bonds is 5. The van der Waals surface area contributed by atoms with Gasteiger partial charge < -0.3 is 13.9 Å². The van der Waals surface area contributed by atoms with Gasteiger partial charge in [-0.2, -0.15) is 0 Å². The number of amides is 1. The molecule has 2 aromatic rings. The molecule has 1 heterocycles. The van der Waals surface area contributed by atoms with Gasteiger partial charge in [0.1, 0.15) is 18.6 Å². The van der Waals surface area contributed by atoms with Crippen LogP contribution in [0, 0.1) is 0 Å². The largest absolute Gasteiger partial charge is 0.493 e. The molecule has 0 spiro atoms. The number of carbonyl (C=O) groups is 1. The summed E-state index contributed by atoms with van der Waals surface area (Å²) in [6.07, 6.45) is 1.32. The number of methoxy groups -OCH3 is 1. The molecule has 0 aliphatic carbocycles. The molecular weight excluding hydrogens is 328 g/mol. The van der Waals surface area contributed by atoms with Crippen molar-refractivity contribution < 1.29 is 18.7 Å². The van der Waals surface area contributed by atoms with Gasteiger partial charge in [0.05, 0.1) is 17.1 Å². The van der Waals surface area contributed by atoms with Crippen molar-refractivity contribution in [1.29, 1.82) is 0 Å². The number of ether oxygens (including phenoxy) is 2. The maximum Gasteiger partial charge on any atom is 0.268 e. The van der Waals surface area contributed by atoms with Gasteiger partial charge in [-0.15, -0.1) is 0 Å². The van der Waals surface area contributed by atoms with E-state index in [0.717, 1.165) is 4.47 Å². The number of hydrogen-bond acceptors (Lipinski definition) is 5. The zero-order valence-electron chi connectivity index (χ0n) is 10.7. The number of hydrogen-bond donors (Lipinski definition) is 2. The first kappa shape index (κ1) is 14.4. The maximum atomic E-state index is 11.3. The van der Waals surface area contributed by atoms with Crippen LogP contribution in [0.1, 0.15) is 16.1 Å². The van der Waals surface area contributed by atoms with Gasteiger partial charge in [-0.05, 0) is 34.1 Å². The zero-order valence-corrected chi connectivity index (χ0v) is 12.3. The molecule has 2 rings (SSSR count). The van der Waals surface area contributed by atoms with Crippen molar-refractivity contribution in [1.82, 2.24) is 5.43 Å². The van der Waals surface area contributed by atoms with Crippen molar-refractivity contribution in [3.63, 3.8) is 0 Å². The average Bonchev–Trinajstić information content (AvgIpc) is 2.93. The van der Waals surface area contributed by atoms with E-state index in [2.05, 4.69) is 15.9 Å². The summed E-state index contributed by atoms with van der Waals surface area (Å²) in [6, 6.07) is 7.03. The summed E-state index contributed by atoms with van der Waals surface area (Å²) in [6.45, 7) is 0.164. The first-order chi connectivity index (χ1) is 9.65. The molecule has 0 saturated heterocycles. The van der Waals surface area contributed by atoms with Crippen LogP contribution in [0.3, 0.4) is 0 Å². The van der Waals surface area contributed by atoms with Crippen LogP contribution in [0.15, 0.2) is 39.4 Å². The molecule has 106 valence electrons. The Labute approximate surface area is 123 Å². The predicted octanol–water partition coefficient (Wildman–Crippen LogP) is 2.23. The van der Waals surface area contributed by atoms with Crippen molar-refractivity contribution >= 4 is 21.8 Å². The highest BCUT2D eigenvalue weighted by molar-refractivity contribution is 9.10. The standard InChI is InChI=1S/C13H13BrN2O4/c1-18-11-4-2-3-10(14)12(11)20-7-9-5-8(6-19-9)13(17)16-15/h2-6H,7,15H2,1H3,(H,16,17).